The third kappa shape index (κ3) is 2.91. The van der Waals surface area contributed by atoms with Crippen molar-refractivity contribution in [2.75, 3.05) is 0 Å². The number of alkyl halides is 1. The number of hydrogen-bond donors (Lipinski definition) is 0. The lowest BCUT2D eigenvalue weighted by Gasteiger charge is -2.23. The van der Waals surface area contributed by atoms with Crippen LogP contribution in [0.5, 0.6) is 0 Å². The Hall–Kier alpha value is -0.790. The highest BCUT2D eigenvalue weighted by Crippen LogP contribution is 2.39. The summed E-state index contributed by atoms with van der Waals surface area (Å²) in [4.78, 5) is 0.200. The Morgan fingerprint density at radius 2 is 1.29 bits per heavy atom. The van der Waals surface area contributed by atoms with Crippen LogP contribution in [0.2, 0.25) is 5.02 Å². The van der Waals surface area contributed by atoms with Crippen molar-refractivity contribution in [1.29, 1.82) is 0 Å². The first-order chi connectivity index (χ1) is 9.75. The predicted molar refractivity (Wildman–Crippen MR) is 97.1 cm³/mol. The third-order valence-corrected chi connectivity index (χ3v) is 6.20. The Kier molecular flexibility index (Phi) is 4.85. The van der Waals surface area contributed by atoms with Crippen molar-refractivity contribution in [3.63, 3.8) is 0 Å². The van der Waals surface area contributed by atoms with E-state index < -0.39 is 0 Å². The Balaban J connectivity index is 2.63. The van der Waals surface area contributed by atoms with Gasteiger partial charge in [0.2, 0.25) is 0 Å². The molecule has 1 unspecified atom stereocenters. The lowest BCUT2D eigenvalue weighted by atomic mass is 9.86. The fraction of sp³-hybridized carbons (Fsp3) is 0.368. The molecular weight excluding hydrogens is 344 g/mol. The first-order valence-electron chi connectivity index (χ1n) is 7.22. The van der Waals surface area contributed by atoms with Crippen LogP contribution in [0.4, 0.5) is 0 Å². The summed E-state index contributed by atoms with van der Waals surface area (Å²) in [6, 6.07) is 6.27. The summed E-state index contributed by atoms with van der Waals surface area (Å²) in [5, 5.41) is 0.822. The van der Waals surface area contributed by atoms with Gasteiger partial charge in [0, 0.05) is 5.02 Å². The molecule has 21 heavy (non-hydrogen) atoms. The molecule has 0 nitrogen and oxygen atoms in total. The van der Waals surface area contributed by atoms with Crippen molar-refractivity contribution in [1.82, 2.24) is 0 Å². The van der Waals surface area contributed by atoms with Gasteiger partial charge in [0.05, 0.1) is 4.83 Å². The summed E-state index contributed by atoms with van der Waals surface area (Å²) in [6.45, 7) is 13.1. The van der Waals surface area contributed by atoms with Crippen LogP contribution in [0.1, 0.15) is 49.3 Å². The molecule has 0 bridgehead atoms. The normalized spacial score (nSPS) is 12.6. The number of benzene rings is 2. The molecule has 2 aromatic carbocycles. The molecule has 0 amide bonds. The molecule has 0 fully saturated rings. The fourth-order valence-electron chi connectivity index (χ4n) is 2.90. The molecule has 0 aromatic heterocycles. The van der Waals surface area contributed by atoms with Crippen molar-refractivity contribution in [3.8, 4) is 0 Å². The van der Waals surface area contributed by atoms with Gasteiger partial charge in [-0.1, -0.05) is 39.7 Å². The second-order valence-corrected chi connectivity index (χ2v) is 7.23. The van der Waals surface area contributed by atoms with E-state index in [0.717, 1.165) is 10.6 Å². The smallest absolute Gasteiger partial charge is 0.0650 e. The summed E-state index contributed by atoms with van der Waals surface area (Å²) in [7, 11) is 0. The summed E-state index contributed by atoms with van der Waals surface area (Å²) >= 11 is 10.1. The summed E-state index contributed by atoms with van der Waals surface area (Å²) in [6.07, 6.45) is 0. The van der Waals surface area contributed by atoms with Gasteiger partial charge in [-0.3, -0.25) is 0 Å². The highest BCUT2D eigenvalue weighted by atomic mass is 79.9. The minimum absolute atomic E-state index is 0.200. The molecule has 0 N–H and O–H groups in total. The molecule has 2 rings (SSSR count). The molecule has 2 heteroatoms. The third-order valence-electron chi connectivity index (χ3n) is 4.79. The van der Waals surface area contributed by atoms with E-state index in [4.69, 9.17) is 11.6 Å². The van der Waals surface area contributed by atoms with E-state index in [0.29, 0.717) is 0 Å². The van der Waals surface area contributed by atoms with Crippen LogP contribution < -0.4 is 0 Å². The average Bonchev–Trinajstić information content (AvgIpc) is 2.46. The fourth-order valence-corrected chi connectivity index (χ4v) is 3.99. The van der Waals surface area contributed by atoms with Crippen LogP contribution in [0.15, 0.2) is 18.2 Å². The molecule has 0 saturated carbocycles. The van der Waals surface area contributed by atoms with E-state index in [9.17, 15) is 0 Å². The molecule has 0 aliphatic heterocycles. The first kappa shape index (κ1) is 16.6. The van der Waals surface area contributed by atoms with E-state index >= 15 is 0 Å². The lowest BCUT2D eigenvalue weighted by Crippen LogP contribution is -2.06. The highest BCUT2D eigenvalue weighted by molar-refractivity contribution is 9.09. The van der Waals surface area contributed by atoms with Crippen molar-refractivity contribution >= 4 is 27.5 Å². The van der Waals surface area contributed by atoms with Crippen molar-refractivity contribution in [2.24, 2.45) is 0 Å². The molecule has 112 valence electrons. The standard InChI is InChI=1S/C19H22BrCl/c1-10-9-16(7-8-17(10)21)19(20)18-14(5)12(3)11(2)13(4)15(18)6/h7-9,19H,1-6H3. The molecule has 0 aliphatic rings. The van der Waals surface area contributed by atoms with Crippen LogP contribution in [-0.2, 0) is 0 Å². The minimum atomic E-state index is 0.200. The molecule has 0 heterocycles. The molecule has 0 radical (unpaired) electrons. The Morgan fingerprint density at radius 3 is 1.76 bits per heavy atom. The van der Waals surface area contributed by atoms with Gasteiger partial charge in [-0.25, -0.2) is 0 Å². The van der Waals surface area contributed by atoms with Gasteiger partial charge in [0.15, 0.2) is 0 Å². The lowest BCUT2D eigenvalue weighted by molar-refractivity contribution is 1.05. The van der Waals surface area contributed by atoms with Crippen LogP contribution in [0.25, 0.3) is 0 Å². The van der Waals surface area contributed by atoms with Crippen LogP contribution >= 0.6 is 27.5 Å². The summed E-state index contributed by atoms with van der Waals surface area (Å²) in [5.74, 6) is 0. The minimum Gasteiger partial charge on any atom is -0.0841 e. The molecule has 0 aliphatic carbocycles. The van der Waals surface area contributed by atoms with Gasteiger partial charge in [-0.15, -0.1) is 0 Å². The van der Waals surface area contributed by atoms with Gasteiger partial charge in [-0.05, 0) is 92.1 Å². The second-order valence-electron chi connectivity index (χ2n) is 5.91. The zero-order valence-corrected chi connectivity index (χ0v) is 15.9. The average molecular weight is 366 g/mol. The highest BCUT2D eigenvalue weighted by Gasteiger charge is 2.20. The molecular formula is C19H22BrCl. The molecule has 0 saturated heterocycles. The maximum atomic E-state index is 6.15. The predicted octanol–water partition coefficient (Wildman–Crippen LogP) is 6.67. The van der Waals surface area contributed by atoms with E-state index in [2.05, 4.69) is 69.6 Å². The van der Waals surface area contributed by atoms with Crippen LogP contribution in [-0.4, -0.2) is 0 Å². The topological polar surface area (TPSA) is 0 Å². The van der Waals surface area contributed by atoms with Gasteiger partial charge in [0.1, 0.15) is 0 Å². The summed E-state index contributed by atoms with van der Waals surface area (Å²) in [5.41, 5.74) is 10.7. The molecule has 1 atom stereocenters. The SMILES string of the molecule is Cc1cc(C(Br)c2c(C)c(C)c(C)c(C)c2C)ccc1Cl. The Labute approximate surface area is 141 Å². The van der Waals surface area contributed by atoms with E-state index in [-0.39, 0.29) is 4.83 Å². The zero-order chi connectivity index (χ0) is 15.9. The van der Waals surface area contributed by atoms with Gasteiger partial charge >= 0.3 is 0 Å². The second kappa shape index (κ2) is 6.14. The van der Waals surface area contributed by atoms with Crippen molar-refractivity contribution in [2.45, 2.75) is 46.4 Å². The number of halogens is 2. The van der Waals surface area contributed by atoms with Gasteiger partial charge < -0.3 is 0 Å². The number of hydrogen-bond acceptors (Lipinski definition) is 0. The monoisotopic (exact) mass is 364 g/mol. The maximum Gasteiger partial charge on any atom is 0.0650 e. The van der Waals surface area contributed by atoms with Crippen LogP contribution in [0.3, 0.4) is 0 Å². The van der Waals surface area contributed by atoms with E-state index in [1.54, 1.807) is 0 Å². The largest absolute Gasteiger partial charge is 0.0841 e. The zero-order valence-electron chi connectivity index (χ0n) is 13.6. The van der Waals surface area contributed by atoms with Crippen molar-refractivity contribution < 1.29 is 0 Å². The Bertz CT molecular complexity index is 672. The summed E-state index contributed by atoms with van der Waals surface area (Å²) < 4.78 is 0. The number of aryl methyl sites for hydroxylation is 1. The van der Waals surface area contributed by atoms with Gasteiger partial charge in [-0.2, -0.15) is 0 Å². The van der Waals surface area contributed by atoms with Gasteiger partial charge in [0.25, 0.3) is 0 Å². The maximum absolute atomic E-state index is 6.15. The van der Waals surface area contributed by atoms with E-state index in [1.165, 1.54) is 38.9 Å². The molecule has 0 spiro atoms. The Morgan fingerprint density at radius 1 is 0.810 bits per heavy atom. The van der Waals surface area contributed by atoms with Crippen LogP contribution in [0, 0.1) is 41.5 Å². The molecule has 2 aromatic rings. The first-order valence-corrected chi connectivity index (χ1v) is 8.52. The van der Waals surface area contributed by atoms with E-state index in [1.807, 2.05) is 6.07 Å². The number of rotatable bonds is 2. The quantitative estimate of drug-likeness (QED) is 0.521. The van der Waals surface area contributed by atoms with Crippen molar-refractivity contribution in [3.05, 3.63) is 67.7 Å².